The van der Waals surface area contributed by atoms with E-state index in [1.165, 1.54) is 6.33 Å². The van der Waals surface area contributed by atoms with Crippen LogP contribution >= 0.6 is 0 Å². The molecule has 0 aromatic carbocycles. The standard InChI is InChI=1S/C13H14N6/c1-9-4-3-5-10(18-9)6-14-12-11-7-17-19(2)13(11)16-8-15-12/h3-5,7-8H,6H2,1-2H3,(H,14,15,16). The van der Waals surface area contributed by atoms with Crippen molar-refractivity contribution in [2.24, 2.45) is 7.05 Å². The third-order valence-electron chi connectivity index (χ3n) is 2.91. The van der Waals surface area contributed by atoms with Crippen molar-refractivity contribution in [2.75, 3.05) is 5.32 Å². The van der Waals surface area contributed by atoms with Gasteiger partial charge in [0.1, 0.15) is 12.1 Å². The number of fused-ring (bicyclic) bond motifs is 1. The average molecular weight is 254 g/mol. The van der Waals surface area contributed by atoms with Gasteiger partial charge in [0.25, 0.3) is 0 Å². The van der Waals surface area contributed by atoms with Gasteiger partial charge in [-0.2, -0.15) is 5.10 Å². The van der Waals surface area contributed by atoms with Crippen molar-refractivity contribution in [3.63, 3.8) is 0 Å². The van der Waals surface area contributed by atoms with Gasteiger partial charge in [-0.15, -0.1) is 0 Å². The Bertz CT molecular complexity index is 718. The fraction of sp³-hybridized carbons (Fsp3) is 0.231. The van der Waals surface area contributed by atoms with Gasteiger partial charge in [-0.25, -0.2) is 9.97 Å². The van der Waals surface area contributed by atoms with E-state index in [4.69, 9.17) is 0 Å². The summed E-state index contributed by atoms with van der Waals surface area (Å²) in [5.74, 6) is 0.779. The normalized spacial score (nSPS) is 10.8. The van der Waals surface area contributed by atoms with Gasteiger partial charge in [-0.1, -0.05) is 6.07 Å². The molecular weight excluding hydrogens is 240 g/mol. The molecule has 0 radical (unpaired) electrons. The van der Waals surface area contributed by atoms with Crippen molar-refractivity contribution >= 4 is 16.9 Å². The highest BCUT2D eigenvalue weighted by Gasteiger charge is 2.07. The van der Waals surface area contributed by atoms with Crippen LogP contribution < -0.4 is 5.32 Å². The highest BCUT2D eigenvalue weighted by atomic mass is 15.3. The predicted molar refractivity (Wildman–Crippen MR) is 72.6 cm³/mol. The molecule has 6 heteroatoms. The second kappa shape index (κ2) is 4.64. The minimum absolute atomic E-state index is 0.628. The summed E-state index contributed by atoms with van der Waals surface area (Å²) in [4.78, 5) is 12.9. The van der Waals surface area contributed by atoms with Gasteiger partial charge in [-0.05, 0) is 19.1 Å². The van der Waals surface area contributed by atoms with Gasteiger partial charge in [-0.3, -0.25) is 9.67 Å². The molecule has 19 heavy (non-hydrogen) atoms. The van der Waals surface area contributed by atoms with Crippen LogP contribution in [0, 0.1) is 6.92 Å². The Hall–Kier alpha value is -2.50. The molecule has 3 aromatic rings. The molecule has 3 heterocycles. The van der Waals surface area contributed by atoms with Crippen molar-refractivity contribution in [1.82, 2.24) is 24.7 Å². The lowest BCUT2D eigenvalue weighted by molar-refractivity contribution is 0.785. The molecule has 1 N–H and O–H groups in total. The van der Waals surface area contributed by atoms with Crippen LogP contribution in [-0.2, 0) is 13.6 Å². The molecular formula is C13H14N6. The number of hydrogen-bond donors (Lipinski definition) is 1. The molecule has 0 unspecified atom stereocenters. The Morgan fingerprint density at radius 1 is 1.26 bits per heavy atom. The van der Waals surface area contributed by atoms with Crippen molar-refractivity contribution in [1.29, 1.82) is 0 Å². The zero-order chi connectivity index (χ0) is 13.2. The minimum Gasteiger partial charge on any atom is -0.364 e. The van der Waals surface area contributed by atoms with E-state index in [1.54, 1.807) is 10.9 Å². The summed E-state index contributed by atoms with van der Waals surface area (Å²) in [6.45, 7) is 2.61. The fourth-order valence-corrected chi connectivity index (χ4v) is 1.98. The lowest BCUT2D eigenvalue weighted by atomic mass is 10.3. The Labute approximate surface area is 110 Å². The third-order valence-corrected chi connectivity index (χ3v) is 2.91. The maximum Gasteiger partial charge on any atom is 0.163 e. The Balaban J connectivity index is 1.86. The van der Waals surface area contributed by atoms with E-state index in [0.717, 1.165) is 28.2 Å². The summed E-state index contributed by atoms with van der Waals surface area (Å²) in [6.07, 6.45) is 3.30. The summed E-state index contributed by atoms with van der Waals surface area (Å²) >= 11 is 0. The second-order valence-corrected chi connectivity index (χ2v) is 4.35. The fourth-order valence-electron chi connectivity index (χ4n) is 1.98. The smallest absolute Gasteiger partial charge is 0.163 e. The highest BCUT2D eigenvalue weighted by Crippen LogP contribution is 2.18. The Morgan fingerprint density at radius 3 is 3.00 bits per heavy atom. The number of aryl methyl sites for hydroxylation is 2. The number of pyridine rings is 1. The molecule has 0 saturated carbocycles. The maximum absolute atomic E-state index is 4.45. The molecule has 6 nitrogen and oxygen atoms in total. The van der Waals surface area contributed by atoms with Gasteiger partial charge in [0.2, 0.25) is 0 Å². The number of nitrogens with one attached hydrogen (secondary N) is 1. The summed E-state index contributed by atoms with van der Waals surface area (Å²) in [5, 5.41) is 8.38. The summed E-state index contributed by atoms with van der Waals surface area (Å²) < 4.78 is 1.73. The molecule has 3 aromatic heterocycles. The number of rotatable bonds is 3. The Kier molecular flexibility index (Phi) is 2.83. The Morgan fingerprint density at radius 2 is 2.16 bits per heavy atom. The minimum atomic E-state index is 0.628. The molecule has 0 saturated heterocycles. The number of hydrogen-bond acceptors (Lipinski definition) is 5. The van der Waals surface area contributed by atoms with E-state index in [9.17, 15) is 0 Å². The van der Waals surface area contributed by atoms with Gasteiger partial charge in [0, 0.05) is 12.7 Å². The molecule has 0 atom stereocenters. The quantitative estimate of drug-likeness (QED) is 0.770. The number of aromatic nitrogens is 5. The SMILES string of the molecule is Cc1cccc(CNc2ncnc3c2cnn3C)n1. The van der Waals surface area contributed by atoms with Crippen LogP contribution in [0.1, 0.15) is 11.4 Å². The van der Waals surface area contributed by atoms with Crippen LogP contribution in [0.4, 0.5) is 5.82 Å². The number of anilines is 1. The van der Waals surface area contributed by atoms with Crippen LogP contribution in [0.5, 0.6) is 0 Å². The van der Waals surface area contributed by atoms with E-state index in [1.807, 2.05) is 32.2 Å². The van der Waals surface area contributed by atoms with Crippen LogP contribution in [0.2, 0.25) is 0 Å². The predicted octanol–water partition coefficient (Wildman–Crippen LogP) is 1.68. The topological polar surface area (TPSA) is 68.5 Å². The van der Waals surface area contributed by atoms with E-state index in [-0.39, 0.29) is 0 Å². The van der Waals surface area contributed by atoms with Crippen molar-refractivity contribution in [2.45, 2.75) is 13.5 Å². The van der Waals surface area contributed by atoms with Gasteiger partial charge < -0.3 is 5.32 Å². The summed E-state index contributed by atoms with van der Waals surface area (Å²) in [6, 6.07) is 5.97. The lowest BCUT2D eigenvalue weighted by Gasteiger charge is -2.06. The third kappa shape index (κ3) is 2.24. The highest BCUT2D eigenvalue weighted by molar-refractivity contribution is 5.85. The van der Waals surface area contributed by atoms with Crippen molar-refractivity contribution in [3.05, 3.63) is 42.1 Å². The van der Waals surface area contributed by atoms with Crippen molar-refractivity contribution in [3.8, 4) is 0 Å². The zero-order valence-corrected chi connectivity index (χ0v) is 10.8. The van der Waals surface area contributed by atoms with Gasteiger partial charge in [0.15, 0.2) is 5.65 Å². The summed E-state index contributed by atoms with van der Waals surface area (Å²) in [5.41, 5.74) is 2.80. The maximum atomic E-state index is 4.45. The first-order valence-electron chi connectivity index (χ1n) is 6.03. The molecule has 0 aliphatic carbocycles. The molecule has 0 spiro atoms. The first-order chi connectivity index (χ1) is 9.24. The monoisotopic (exact) mass is 254 g/mol. The van der Waals surface area contributed by atoms with Crippen LogP contribution in [0.3, 0.4) is 0 Å². The van der Waals surface area contributed by atoms with Crippen LogP contribution in [0.15, 0.2) is 30.7 Å². The largest absolute Gasteiger partial charge is 0.364 e. The van der Waals surface area contributed by atoms with E-state index in [2.05, 4.69) is 25.4 Å². The second-order valence-electron chi connectivity index (χ2n) is 4.35. The lowest BCUT2D eigenvalue weighted by Crippen LogP contribution is -2.04. The molecule has 3 rings (SSSR count). The van der Waals surface area contributed by atoms with E-state index in [0.29, 0.717) is 6.54 Å². The van der Waals surface area contributed by atoms with Gasteiger partial charge >= 0.3 is 0 Å². The van der Waals surface area contributed by atoms with Crippen molar-refractivity contribution < 1.29 is 0 Å². The molecule has 0 aliphatic rings. The molecule has 0 amide bonds. The van der Waals surface area contributed by atoms with E-state index >= 15 is 0 Å². The molecule has 0 aliphatic heterocycles. The zero-order valence-electron chi connectivity index (χ0n) is 10.8. The number of nitrogens with zero attached hydrogens (tertiary/aromatic N) is 5. The average Bonchev–Trinajstić information content (AvgIpc) is 2.79. The molecule has 96 valence electrons. The summed E-state index contributed by atoms with van der Waals surface area (Å²) in [7, 11) is 1.86. The first-order valence-corrected chi connectivity index (χ1v) is 6.03. The van der Waals surface area contributed by atoms with Gasteiger partial charge in [0.05, 0.1) is 23.8 Å². The first kappa shape index (κ1) is 11.6. The van der Waals surface area contributed by atoms with E-state index < -0.39 is 0 Å². The van der Waals surface area contributed by atoms with Crippen LogP contribution in [-0.4, -0.2) is 24.7 Å². The molecule has 0 bridgehead atoms. The van der Waals surface area contributed by atoms with Crippen LogP contribution in [0.25, 0.3) is 11.0 Å². The molecule has 0 fully saturated rings.